The van der Waals surface area contributed by atoms with Gasteiger partial charge in [0.25, 0.3) is 5.91 Å². The molecule has 0 aromatic carbocycles. The Hall–Kier alpha value is -1.56. The molecule has 5 nitrogen and oxygen atoms in total. The number of hydrogen-bond acceptors (Lipinski definition) is 4. The van der Waals surface area contributed by atoms with Gasteiger partial charge in [0, 0.05) is 17.5 Å². The van der Waals surface area contributed by atoms with E-state index < -0.39 is 17.8 Å². The smallest absolute Gasteiger partial charge is 0.308 e. The molecular formula is C16H24N2O3S. The average molecular weight is 324 g/mol. The van der Waals surface area contributed by atoms with Crippen LogP contribution in [0.25, 0.3) is 0 Å². The van der Waals surface area contributed by atoms with E-state index in [4.69, 9.17) is 5.73 Å². The first-order valence-corrected chi connectivity index (χ1v) is 8.58. The molecule has 2 rings (SSSR count). The van der Waals surface area contributed by atoms with E-state index in [1.54, 1.807) is 18.3 Å². The summed E-state index contributed by atoms with van der Waals surface area (Å²) in [5, 5.41) is 10.0. The van der Waals surface area contributed by atoms with Gasteiger partial charge >= 0.3 is 5.97 Å². The molecule has 1 aromatic heterocycles. The van der Waals surface area contributed by atoms with Gasteiger partial charge in [-0.05, 0) is 45.1 Å². The highest BCUT2D eigenvalue weighted by Crippen LogP contribution is 2.40. The van der Waals surface area contributed by atoms with Crippen molar-refractivity contribution in [2.45, 2.75) is 52.5 Å². The van der Waals surface area contributed by atoms with Crippen LogP contribution in [-0.4, -0.2) is 29.6 Å². The van der Waals surface area contributed by atoms with Crippen molar-refractivity contribution in [3.8, 4) is 0 Å². The molecule has 6 heteroatoms. The van der Waals surface area contributed by atoms with Crippen LogP contribution < -0.4 is 10.6 Å². The number of carboxylic acids is 1. The quantitative estimate of drug-likeness (QED) is 0.842. The van der Waals surface area contributed by atoms with E-state index in [0.717, 1.165) is 36.2 Å². The molecule has 1 aromatic rings. The topological polar surface area (TPSA) is 83.6 Å². The molecular weight excluding hydrogens is 300 g/mol. The molecule has 3 N–H and O–H groups in total. The zero-order valence-corrected chi connectivity index (χ0v) is 14.2. The summed E-state index contributed by atoms with van der Waals surface area (Å²) in [6.45, 7) is 6.10. The predicted molar refractivity (Wildman–Crippen MR) is 88.8 cm³/mol. The summed E-state index contributed by atoms with van der Waals surface area (Å²) in [7, 11) is 0. The predicted octanol–water partition coefficient (Wildman–Crippen LogP) is 2.66. The second-order valence-electron chi connectivity index (χ2n) is 6.24. The lowest BCUT2D eigenvalue weighted by Crippen LogP contribution is -2.37. The maximum atomic E-state index is 12.0. The van der Waals surface area contributed by atoms with Crippen LogP contribution in [0.4, 0.5) is 5.00 Å². The molecule has 1 heterocycles. The number of primary amides is 1. The van der Waals surface area contributed by atoms with Crippen molar-refractivity contribution in [1.29, 1.82) is 0 Å². The fourth-order valence-electron chi connectivity index (χ4n) is 2.91. The van der Waals surface area contributed by atoms with E-state index >= 15 is 0 Å². The summed E-state index contributed by atoms with van der Waals surface area (Å²) in [5.41, 5.74) is 7.34. The molecule has 1 amide bonds. The molecule has 1 atom stereocenters. The number of rotatable bonds is 6. The van der Waals surface area contributed by atoms with Gasteiger partial charge in [-0.1, -0.05) is 6.92 Å². The molecule has 0 fully saturated rings. The maximum absolute atomic E-state index is 12.0. The lowest BCUT2D eigenvalue weighted by atomic mass is 9.95. The molecule has 0 bridgehead atoms. The van der Waals surface area contributed by atoms with Crippen LogP contribution in [0.2, 0.25) is 0 Å². The highest BCUT2D eigenvalue weighted by atomic mass is 32.1. The van der Waals surface area contributed by atoms with Crippen molar-refractivity contribution in [2.24, 2.45) is 11.7 Å². The fourth-order valence-corrected chi connectivity index (χ4v) is 4.44. The Morgan fingerprint density at radius 2 is 1.91 bits per heavy atom. The highest BCUT2D eigenvalue weighted by Gasteiger charge is 2.29. The number of carbonyl (C=O) groups excluding carboxylic acids is 1. The summed E-state index contributed by atoms with van der Waals surface area (Å²) in [4.78, 5) is 26.4. The first kappa shape index (κ1) is 16.8. The molecule has 0 radical (unpaired) electrons. The molecule has 0 saturated heterocycles. The molecule has 1 aliphatic carbocycles. The number of fused-ring (bicyclic) bond motifs is 1. The van der Waals surface area contributed by atoms with E-state index in [1.165, 1.54) is 4.88 Å². The molecule has 22 heavy (non-hydrogen) atoms. The minimum absolute atomic E-state index is 0.111. The number of aryl methyl sites for hydroxylation is 1. The first-order chi connectivity index (χ1) is 10.3. The Kier molecular flexibility index (Phi) is 5.11. The number of aliphatic carboxylic acids is 1. The lowest BCUT2D eigenvalue weighted by Gasteiger charge is -2.30. The highest BCUT2D eigenvalue weighted by molar-refractivity contribution is 7.16. The average Bonchev–Trinajstić information content (AvgIpc) is 2.82. The van der Waals surface area contributed by atoms with Crippen LogP contribution in [0, 0.1) is 5.92 Å². The number of hydrogen-bond donors (Lipinski definition) is 2. The van der Waals surface area contributed by atoms with E-state index in [1.807, 2.05) is 18.7 Å². The van der Waals surface area contributed by atoms with Crippen LogP contribution in [-0.2, 0) is 17.6 Å². The van der Waals surface area contributed by atoms with Gasteiger partial charge in [0.15, 0.2) is 0 Å². The summed E-state index contributed by atoms with van der Waals surface area (Å²) in [6, 6.07) is 0.111. The Balaban J connectivity index is 2.45. The second-order valence-corrected chi connectivity index (χ2v) is 7.32. The normalized spacial score (nSPS) is 15.5. The van der Waals surface area contributed by atoms with Crippen LogP contribution in [0.5, 0.6) is 0 Å². The summed E-state index contributed by atoms with van der Waals surface area (Å²) in [6.07, 6.45) is 4.10. The second kappa shape index (κ2) is 6.69. The van der Waals surface area contributed by atoms with E-state index in [-0.39, 0.29) is 6.04 Å². The molecule has 0 spiro atoms. The van der Waals surface area contributed by atoms with Gasteiger partial charge in [0.05, 0.1) is 11.5 Å². The Bertz CT molecular complexity index is 580. The summed E-state index contributed by atoms with van der Waals surface area (Å²) in [5.74, 6) is -1.72. The molecule has 1 unspecified atom stereocenters. The van der Waals surface area contributed by atoms with E-state index in [2.05, 4.69) is 0 Å². The third-order valence-electron chi connectivity index (χ3n) is 4.18. The molecule has 1 aliphatic rings. The van der Waals surface area contributed by atoms with Crippen molar-refractivity contribution in [1.82, 2.24) is 0 Å². The number of nitrogens with zero attached hydrogens (tertiary/aromatic N) is 1. The Morgan fingerprint density at radius 3 is 2.45 bits per heavy atom. The van der Waals surface area contributed by atoms with Gasteiger partial charge in [0.1, 0.15) is 5.00 Å². The van der Waals surface area contributed by atoms with E-state index in [9.17, 15) is 14.7 Å². The van der Waals surface area contributed by atoms with Crippen LogP contribution in [0.3, 0.4) is 0 Å². The maximum Gasteiger partial charge on any atom is 0.308 e. The van der Waals surface area contributed by atoms with Crippen LogP contribution in [0.1, 0.15) is 54.4 Å². The van der Waals surface area contributed by atoms with Crippen molar-refractivity contribution < 1.29 is 14.7 Å². The Labute approximate surface area is 135 Å². The van der Waals surface area contributed by atoms with Gasteiger partial charge in [-0.25, -0.2) is 0 Å². The minimum Gasteiger partial charge on any atom is -0.481 e. The van der Waals surface area contributed by atoms with Crippen LogP contribution >= 0.6 is 11.3 Å². The first-order valence-electron chi connectivity index (χ1n) is 7.76. The number of nitrogens with two attached hydrogens (primary N) is 1. The zero-order valence-electron chi connectivity index (χ0n) is 13.4. The standard InChI is InChI=1S/C16H24N2O3S/c1-9(2)18(8-10(3)16(20)21)15-13(14(17)19)11-6-4-5-7-12(11)22-15/h9-10H,4-8H2,1-3H3,(H2,17,19)(H,20,21). The Morgan fingerprint density at radius 1 is 1.27 bits per heavy atom. The number of carboxylic acid groups (broad SMARTS) is 1. The van der Waals surface area contributed by atoms with Gasteiger partial charge in [0.2, 0.25) is 0 Å². The van der Waals surface area contributed by atoms with Gasteiger partial charge in [-0.2, -0.15) is 0 Å². The molecule has 0 aliphatic heterocycles. The fraction of sp³-hybridized carbons (Fsp3) is 0.625. The number of anilines is 1. The molecule has 0 saturated carbocycles. The van der Waals surface area contributed by atoms with Gasteiger partial charge < -0.3 is 15.7 Å². The number of amides is 1. The minimum atomic E-state index is -0.826. The number of thiophene rings is 1. The summed E-state index contributed by atoms with van der Waals surface area (Å²) >= 11 is 1.61. The van der Waals surface area contributed by atoms with Crippen LogP contribution in [0.15, 0.2) is 0 Å². The van der Waals surface area contributed by atoms with Crippen molar-refractivity contribution >= 4 is 28.2 Å². The van der Waals surface area contributed by atoms with Gasteiger partial charge in [-0.3, -0.25) is 9.59 Å². The van der Waals surface area contributed by atoms with Gasteiger partial charge in [-0.15, -0.1) is 11.3 Å². The largest absolute Gasteiger partial charge is 0.481 e. The summed E-state index contributed by atoms with van der Waals surface area (Å²) < 4.78 is 0. The zero-order chi connectivity index (χ0) is 16.4. The van der Waals surface area contributed by atoms with Crippen molar-refractivity contribution in [2.75, 3.05) is 11.4 Å². The SMILES string of the molecule is CC(CN(c1sc2c(c1C(N)=O)CCCC2)C(C)C)C(=O)O. The number of carbonyl (C=O) groups is 2. The third kappa shape index (κ3) is 3.27. The van der Waals surface area contributed by atoms with E-state index in [0.29, 0.717) is 12.1 Å². The van der Waals surface area contributed by atoms with Crippen molar-refractivity contribution in [3.05, 3.63) is 16.0 Å². The van der Waals surface area contributed by atoms with Crippen molar-refractivity contribution in [3.63, 3.8) is 0 Å². The third-order valence-corrected chi connectivity index (χ3v) is 5.50. The molecule has 122 valence electrons. The lowest BCUT2D eigenvalue weighted by molar-refractivity contribution is -0.140. The monoisotopic (exact) mass is 324 g/mol.